The molecule has 0 heterocycles. The van der Waals surface area contributed by atoms with Gasteiger partial charge in [0.2, 0.25) is 0 Å². The van der Waals surface area contributed by atoms with Crippen LogP contribution in [0.4, 0.5) is 5.69 Å². The molecule has 1 aromatic rings. The molecule has 0 bridgehead atoms. The predicted molar refractivity (Wildman–Crippen MR) is 59.4 cm³/mol. The number of carbonyl (C=O) groups excluding carboxylic acids is 1. The van der Waals surface area contributed by atoms with Gasteiger partial charge in [-0.25, -0.2) is 0 Å². The SMILES string of the molecule is COc1ccc(NCC(C)=O)cc1.Cl. The molecule has 0 unspecified atom stereocenters. The Morgan fingerprint density at radius 3 is 2.36 bits per heavy atom. The molecule has 0 fully saturated rings. The molecule has 0 aliphatic heterocycles. The molecule has 3 nitrogen and oxygen atoms in total. The van der Waals surface area contributed by atoms with Crippen molar-refractivity contribution in [2.75, 3.05) is 19.0 Å². The maximum Gasteiger partial charge on any atom is 0.148 e. The largest absolute Gasteiger partial charge is 0.497 e. The van der Waals surface area contributed by atoms with E-state index in [2.05, 4.69) is 5.32 Å². The molecular formula is C10H14ClNO2. The summed E-state index contributed by atoms with van der Waals surface area (Å²) in [4.78, 5) is 10.7. The lowest BCUT2D eigenvalue weighted by Gasteiger charge is -2.04. The maximum atomic E-state index is 10.7. The van der Waals surface area contributed by atoms with E-state index in [4.69, 9.17) is 4.74 Å². The number of anilines is 1. The second kappa shape index (κ2) is 6.27. The van der Waals surface area contributed by atoms with Crippen LogP contribution in [0.1, 0.15) is 6.92 Å². The number of ether oxygens (including phenoxy) is 1. The van der Waals surface area contributed by atoms with Gasteiger partial charge in [0.15, 0.2) is 0 Å². The third kappa shape index (κ3) is 4.14. The number of benzene rings is 1. The molecule has 0 aromatic heterocycles. The van der Waals surface area contributed by atoms with E-state index in [-0.39, 0.29) is 18.2 Å². The number of hydrogen-bond acceptors (Lipinski definition) is 3. The number of halogens is 1. The van der Waals surface area contributed by atoms with E-state index in [0.717, 1.165) is 11.4 Å². The van der Waals surface area contributed by atoms with Crippen LogP contribution in [0.5, 0.6) is 5.75 Å². The predicted octanol–water partition coefficient (Wildman–Crippen LogP) is 2.12. The van der Waals surface area contributed by atoms with Crippen LogP contribution < -0.4 is 10.1 Å². The summed E-state index contributed by atoms with van der Waals surface area (Å²) < 4.78 is 5.00. The number of carbonyl (C=O) groups is 1. The van der Waals surface area contributed by atoms with Crippen LogP contribution in [0.25, 0.3) is 0 Å². The maximum absolute atomic E-state index is 10.7. The lowest BCUT2D eigenvalue weighted by Crippen LogP contribution is -2.09. The minimum atomic E-state index is 0. The topological polar surface area (TPSA) is 38.3 Å². The number of Topliss-reactive ketones (excluding diaryl/α,β-unsaturated/α-hetero) is 1. The minimum Gasteiger partial charge on any atom is -0.497 e. The van der Waals surface area contributed by atoms with Gasteiger partial charge in [0.05, 0.1) is 13.7 Å². The fourth-order valence-corrected chi connectivity index (χ4v) is 0.935. The van der Waals surface area contributed by atoms with Gasteiger partial charge in [0.25, 0.3) is 0 Å². The Morgan fingerprint density at radius 2 is 1.93 bits per heavy atom. The van der Waals surface area contributed by atoms with Crippen molar-refractivity contribution in [2.45, 2.75) is 6.92 Å². The molecule has 0 aliphatic carbocycles. The van der Waals surface area contributed by atoms with Crippen LogP contribution in [0.3, 0.4) is 0 Å². The summed E-state index contributed by atoms with van der Waals surface area (Å²) >= 11 is 0. The zero-order valence-electron chi connectivity index (χ0n) is 8.24. The Kier molecular flexibility index (Phi) is 5.72. The summed E-state index contributed by atoms with van der Waals surface area (Å²) in [5.41, 5.74) is 0.927. The molecule has 0 aliphatic rings. The van der Waals surface area contributed by atoms with Gasteiger partial charge in [-0.15, -0.1) is 12.4 Å². The molecule has 0 saturated heterocycles. The third-order valence-corrected chi connectivity index (χ3v) is 1.63. The highest BCUT2D eigenvalue weighted by Crippen LogP contribution is 2.14. The molecule has 14 heavy (non-hydrogen) atoms. The highest BCUT2D eigenvalue weighted by molar-refractivity contribution is 5.85. The Bertz CT molecular complexity index is 285. The molecule has 0 saturated carbocycles. The zero-order valence-corrected chi connectivity index (χ0v) is 9.06. The zero-order chi connectivity index (χ0) is 9.68. The van der Waals surface area contributed by atoms with E-state index in [1.807, 2.05) is 24.3 Å². The Hall–Kier alpha value is -1.22. The van der Waals surface area contributed by atoms with Crippen molar-refractivity contribution >= 4 is 23.9 Å². The molecule has 78 valence electrons. The molecule has 0 amide bonds. The van der Waals surface area contributed by atoms with Gasteiger partial charge in [-0.3, -0.25) is 4.79 Å². The first-order valence-electron chi connectivity index (χ1n) is 4.09. The van der Waals surface area contributed by atoms with Crippen LogP contribution in [0.15, 0.2) is 24.3 Å². The molecule has 0 atom stereocenters. The van der Waals surface area contributed by atoms with Crippen molar-refractivity contribution in [2.24, 2.45) is 0 Å². The van der Waals surface area contributed by atoms with Crippen molar-refractivity contribution in [1.29, 1.82) is 0 Å². The molecule has 0 radical (unpaired) electrons. The van der Waals surface area contributed by atoms with Crippen molar-refractivity contribution in [3.05, 3.63) is 24.3 Å². The van der Waals surface area contributed by atoms with Crippen LogP contribution in [0, 0.1) is 0 Å². The first kappa shape index (κ1) is 12.8. The van der Waals surface area contributed by atoms with Gasteiger partial charge >= 0.3 is 0 Å². The third-order valence-electron chi connectivity index (χ3n) is 1.63. The summed E-state index contributed by atoms with van der Waals surface area (Å²) in [6, 6.07) is 7.45. The summed E-state index contributed by atoms with van der Waals surface area (Å²) in [5, 5.41) is 2.99. The fraction of sp³-hybridized carbons (Fsp3) is 0.300. The number of hydrogen-bond donors (Lipinski definition) is 1. The molecule has 0 spiro atoms. The summed E-state index contributed by atoms with van der Waals surface area (Å²) in [6.45, 7) is 1.92. The molecular weight excluding hydrogens is 202 g/mol. The minimum absolute atomic E-state index is 0. The smallest absolute Gasteiger partial charge is 0.148 e. The standard InChI is InChI=1S/C10H13NO2.ClH/c1-8(12)7-11-9-3-5-10(13-2)6-4-9;/h3-6,11H,7H2,1-2H3;1H. The molecule has 4 heteroatoms. The van der Waals surface area contributed by atoms with Crippen molar-refractivity contribution in [3.63, 3.8) is 0 Å². The summed E-state index contributed by atoms with van der Waals surface area (Å²) in [6.07, 6.45) is 0. The van der Waals surface area contributed by atoms with Gasteiger partial charge in [0.1, 0.15) is 11.5 Å². The lowest BCUT2D eigenvalue weighted by atomic mass is 10.3. The number of ketones is 1. The van der Waals surface area contributed by atoms with E-state index in [9.17, 15) is 4.79 Å². The van der Waals surface area contributed by atoms with E-state index in [1.165, 1.54) is 0 Å². The van der Waals surface area contributed by atoms with Gasteiger partial charge in [-0.1, -0.05) is 0 Å². The Balaban J connectivity index is 0.00000169. The normalized spacial score (nSPS) is 8.71. The number of methoxy groups -OCH3 is 1. The van der Waals surface area contributed by atoms with E-state index in [0.29, 0.717) is 6.54 Å². The van der Waals surface area contributed by atoms with Gasteiger partial charge in [0, 0.05) is 5.69 Å². The van der Waals surface area contributed by atoms with Crippen LogP contribution in [-0.2, 0) is 4.79 Å². The number of rotatable bonds is 4. The fourth-order valence-electron chi connectivity index (χ4n) is 0.935. The lowest BCUT2D eigenvalue weighted by molar-refractivity contribution is -0.115. The average molecular weight is 216 g/mol. The molecule has 1 rings (SSSR count). The van der Waals surface area contributed by atoms with Crippen molar-refractivity contribution in [1.82, 2.24) is 0 Å². The van der Waals surface area contributed by atoms with E-state index >= 15 is 0 Å². The highest BCUT2D eigenvalue weighted by atomic mass is 35.5. The Morgan fingerprint density at radius 1 is 1.36 bits per heavy atom. The quantitative estimate of drug-likeness (QED) is 0.836. The first-order valence-corrected chi connectivity index (χ1v) is 4.09. The Labute approximate surface area is 89.9 Å². The van der Waals surface area contributed by atoms with Crippen LogP contribution in [-0.4, -0.2) is 19.4 Å². The highest BCUT2D eigenvalue weighted by Gasteiger charge is 1.94. The van der Waals surface area contributed by atoms with E-state index < -0.39 is 0 Å². The average Bonchev–Trinajstić information content (AvgIpc) is 2.15. The van der Waals surface area contributed by atoms with Gasteiger partial charge < -0.3 is 10.1 Å². The van der Waals surface area contributed by atoms with Crippen LogP contribution in [0.2, 0.25) is 0 Å². The van der Waals surface area contributed by atoms with Gasteiger partial charge in [-0.2, -0.15) is 0 Å². The van der Waals surface area contributed by atoms with Crippen molar-refractivity contribution < 1.29 is 9.53 Å². The second-order valence-electron chi connectivity index (χ2n) is 2.78. The van der Waals surface area contributed by atoms with Gasteiger partial charge in [-0.05, 0) is 31.2 Å². The molecule has 1 N–H and O–H groups in total. The number of nitrogens with one attached hydrogen (secondary N) is 1. The monoisotopic (exact) mass is 215 g/mol. The van der Waals surface area contributed by atoms with E-state index in [1.54, 1.807) is 14.0 Å². The van der Waals surface area contributed by atoms with Crippen LogP contribution >= 0.6 is 12.4 Å². The first-order chi connectivity index (χ1) is 6.22. The second-order valence-corrected chi connectivity index (χ2v) is 2.78. The van der Waals surface area contributed by atoms with Crippen molar-refractivity contribution in [3.8, 4) is 5.75 Å². The summed E-state index contributed by atoms with van der Waals surface area (Å²) in [7, 11) is 1.62. The molecule has 1 aromatic carbocycles. The summed E-state index contributed by atoms with van der Waals surface area (Å²) in [5.74, 6) is 0.934.